The number of fused-ring (bicyclic) bond motifs is 1. The third kappa shape index (κ3) is 5.93. The van der Waals surface area contributed by atoms with Crippen LogP contribution in [0.4, 0.5) is 16.2 Å². The summed E-state index contributed by atoms with van der Waals surface area (Å²) in [5.41, 5.74) is 2.74. The Labute approximate surface area is 194 Å². The summed E-state index contributed by atoms with van der Waals surface area (Å²) < 4.78 is 17.6. The fourth-order valence-corrected chi connectivity index (χ4v) is 3.56. The Kier molecular flexibility index (Phi) is 6.95. The fraction of sp³-hybridized carbons (Fsp3) is 0.222. The van der Waals surface area contributed by atoms with Crippen molar-refractivity contribution in [1.82, 2.24) is 0 Å². The van der Waals surface area contributed by atoms with Gasteiger partial charge in [0.05, 0.1) is 25.5 Å². The molecule has 1 unspecified atom stereocenters. The van der Waals surface area contributed by atoms with Gasteiger partial charge in [-0.05, 0) is 55.8 Å². The van der Waals surface area contributed by atoms with Gasteiger partial charge in [0.15, 0.2) is 0 Å². The summed E-state index contributed by atoms with van der Waals surface area (Å²) in [7, 11) is 0. The molecule has 3 aromatic carbocycles. The van der Waals surface area contributed by atoms with Crippen LogP contribution < -0.4 is 20.1 Å². The second kappa shape index (κ2) is 10.2. The van der Waals surface area contributed by atoms with Gasteiger partial charge in [0.25, 0.3) is 0 Å². The number of carbonyl (C=O) groups excluding carboxylic acids is 1. The van der Waals surface area contributed by atoms with Crippen molar-refractivity contribution < 1.29 is 19.0 Å². The van der Waals surface area contributed by atoms with Crippen LogP contribution in [-0.2, 0) is 11.3 Å². The number of para-hydroxylation sites is 2. The molecule has 3 aromatic rings. The predicted molar refractivity (Wildman–Crippen MR) is 131 cm³/mol. The third-order valence-electron chi connectivity index (χ3n) is 5.16. The molecule has 0 saturated carbocycles. The lowest BCUT2D eigenvalue weighted by molar-refractivity contribution is 0.00632. The van der Waals surface area contributed by atoms with E-state index < -0.39 is 5.60 Å². The summed E-state index contributed by atoms with van der Waals surface area (Å²) in [4.78, 5) is 12.5. The molecular weight excluding hydrogens is 416 g/mol. The van der Waals surface area contributed by atoms with Gasteiger partial charge in [-0.1, -0.05) is 48.5 Å². The first-order valence-corrected chi connectivity index (χ1v) is 11.0. The molecule has 4 rings (SSSR count). The van der Waals surface area contributed by atoms with Gasteiger partial charge in [-0.25, -0.2) is 4.79 Å². The van der Waals surface area contributed by atoms with E-state index in [0.717, 1.165) is 16.9 Å². The summed E-state index contributed by atoms with van der Waals surface area (Å²) in [6.07, 6.45) is 3.99. The second-order valence-corrected chi connectivity index (χ2v) is 7.99. The van der Waals surface area contributed by atoms with Crippen molar-refractivity contribution >= 4 is 23.5 Å². The Morgan fingerprint density at radius 3 is 2.61 bits per heavy atom. The average molecular weight is 445 g/mol. The van der Waals surface area contributed by atoms with Gasteiger partial charge < -0.3 is 24.8 Å². The number of benzene rings is 3. The highest BCUT2D eigenvalue weighted by Gasteiger charge is 2.28. The van der Waals surface area contributed by atoms with Crippen molar-refractivity contribution in [3.8, 4) is 11.5 Å². The molecule has 33 heavy (non-hydrogen) atoms. The van der Waals surface area contributed by atoms with Crippen LogP contribution in [-0.4, -0.2) is 24.8 Å². The summed E-state index contributed by atoms with van der Waals surface area (Å²) in [6.45, 7) is 5.38. The molecular formula is C27H28N2O4. The average Bonchev–Trinajstić information content (AvgIpc) is 2.81. The fourth-order valence-electron chi connectivity index (χ4n) is 3.56. The van der Waals surface area contributed by atoms with E-state index in [-0.39, 0.29) is 6.03 Å². The van der Waals surface area contributed by atoms with Gasteiger partial charge in [0, 0.05) is 11.3 Å². The maximum atomic E-state index is 12.5. The zero-order valence-electron chi connectivity index (χ0n) is 18.8. The van der Waals surface area contributed by atoms with Gasteiger partial charge in [0.1, 0.15) is 17.1 Å². The topological polar surface area (TPSA) is 68.8 Å². The maximum absolute atomic E-state index is 12.5. The molecule has 2 N–H and O–H groups in total. The van der Waals surface area contributed by atoms with Gasteiger partial charge in [-0.2, -0.15) is 0 Å². The van der Waals surface area contributed by atoms with Crippen LogP contribution in [0.5, 0.6) is 11.5 Å². The molecule has 0 fully saturated rings. The van der Waals surface area contributed by atoms with Gasteiger partial charge in [0.2, 0.25) is 0 Å². The van der Waals surface area contributed by atoms with E-state index >= 15 is 0 Å². The Morgan fingerprint density at radius 2 is 1.79 bits per heavy atom. The molecule has 1 aliphatic heterocycles. The van der Waals surface area contributed by atoms with Crippen molar-refractivity contribution in [3.05, 3.63) is 90.0 Å². The Bertz CT molecular complexity index is 1130. The molecule has 1 heterocycles. The number of carbonyl (C=O) groups is 1. The molecule has 0 aliphatic carbocycles. The SMILES string of the molecule is CCOc1ccccc1NC(=O)Nc1ccc2c(c1)C=CC(C)(COCc1ccccc1)O2. The van der Waals surface area contributed by atoms with Gasteiger partial charge in [-0.15, -0.1) is 0 Å². The first-order valence-electron chi connectivity index (χ1n) is 11.0. The Morgan fingerprint density at radius 1 is 1.00 bits per heavy atom. The van der Waals surface area contributed by atoms with E-state index in [9.17, 15) is 4.79 Å². The molecule has 0 radical (unpaired) electrons. The molecule has 0 saturated heterocycles. The summed E-state index contributed by atoms with van der Waals surface area (Å²) in [6, 6.07) is 22.6. The number of hydrogen-bond acceptors (Lipinski definition) is 4. The predicted octanol–water partition coefficient (Wildman–Crippen LogP) is 6.11. The van der Waals surface area contributed by atoms with Gasteiger partial charge in [-0.3, -0.25) is 0 Å². The van der Waals surface area contributed by atoms with Crippen molar-refractivity contribution in [3.63, 3.8) is 0 Å². The first-order chi connectivity index (χ1) is 16.0. The zero-order chi connectivity index (χ0) is 23.1. The molecule has 0 bridgehead atoms. The van der Waals surface area contributed by atoms with E-state index in [1.165, 1.54) is 0 Å². The van der Waals surface area contributed by atoms with Crippen LogP contribution in [0.3, 0.4) is 0 Å². The number of ether oxygens (including phenoxy) is 3. The van der Waals surface area contributed by atoms with Crippen molar-refractivity contribution in [2.45, 2.75) is 26.1 Å². The zero-order valence-corrected chi connectivity index (χ0v) is 18.8. The molecule has 0 spiro atoms. The number of anilines is 2. The lowest BCUT2D eigenvalue weighted by atomic mass is 10.0. The lowest BCUT2D eigenvalue weighted by Gasteiger charge is -2.31. The molecule has 1 atom stereocenters. The van der Waals surface area contributed by atoms with Crippen LogP contribution in [0.1, 0.15) is 25.0 Å². The summed E-state index contributed by atoms with van der Waals surface area (Å²) in [5.74, 6) is 1.38. The summed E-state index contributed by atoms with van der Waals surface area (Å²) in [5, 5.41) is 5.70. The van der Waals surface area contributed by atoms with E-state index in [1.54, 1.807) is 6.07 Å². The van der Waals surface area contributed by atoms with Crippen LogP contribution >= 0.6 is 0 Å². The van der Waals surface area contributed by atoms with E-state index in [1.807, 2.05) is 92.7 Å². The third-order valence-corrected chi connectivity index (χ3v) is 5.16. The minimum atomic E-state index is -0.558. The van der Waals surface area contributed by atoms with Crippen LogP contribution in [0, 0.1) is 0 Å². The normalized spacial score (nSPS) is 16.4. The summed E-state index contributed by atoms with van der Waals surface area (Å²) >= 11 is 0. The van der Waals surface area contributed by atoms with E-state index in [2.05, 4.69) is 10.6 Å². The monoisotopic (exact) mass is 444 g/mol. The van der Waals surface area contributed by atoms with Crippen molar-refractivity contribution in [2.75, 3.05) is 23.8 Å². The molecule has 6 heteroatoms. The number of nitrogens with one attached hydrogen (secondary N) is 2. The van der Waals surface area contributed by atoms with Crippen molar-refractivity contribution in [2.24, 2.45) is 0 Å². The highest BCUT2D eigenvalue weighted by atomic mass is 16.5. The molecule has 1 aliphatic rings. The number of hydrogen-bond donors (Lipinski definition) is 2. The lowest BCUT2D eigenvalue weighted by Crippen LogP contribution is -2.37. The van der Waals surface area contributed by atoms with Crippen molar-refractivity contribution in [1.29, 1.82) is 0 Å². The highest BCUT2D eigenvalue weighted by Crippen LogP contribution is 2.33. The molecule has 0 aromatic heterocycles. The number of rotatable bonds is 8. The Balaban J connectivity index is 1.35. The quantitative estimate of drug-likeness (QED) is 0.440. The molecule has 170 valence electrons. The first kappa shape index (κ1) is 22.4. The second-order valence-electron chi connectivity index (χ2n) is 7.99. The van der Waals surface area contributed by atoms with E-state index in [4.69, 9.17) is 14.2 Å². The van der Waals surface area contributed by atoms with Crippen LogP contribution in [0.25, 0.3) is 6.08 Å². The molecule has 2 amide bonds. The number of urea groups is 1. The Hall–Kier alpha value is -3.77. The minimum Gasteiger partial charge on any atom is -0.492 e. The van der Waals surface area contributed by atoms with Crippen LogP contribution in [0.15, 0.2) is 78.9 Å². The minimum absolute atomic E-state index is 0.345. The maximum Gasteiger partial charge on any atom is 0.323 e. The molecule has 6 nitrogen and oxygen atoms in total. The number of amides is 2. The van der Waals surface area contributed by atoms with E-state index in [0.29, 0.717) is 36.9 Å². The smallest absolute Gasteiger partial charge is 0.323 e. The largest absolute Gasteiger partial charge is 0.492 e. The highest BCUT2D eigenvalue weighted by molar-refractivity contribution is 6.00. The van der Waals surface area contributed by atoms with Crippen LogP contribution in [0.2, 0.25) is 0 Å². The van der Waals surface area contributed by atoms with Gasteiger partial charge >= 0.3 is 6.03 Å². The standard InChI is InChI=1S/C27H28N2O4/c1-3-32-25-12-8-7-11-23(25)29-26(30)28-22-13-14-24-21(17-22)15-16-27(2,33-24)19-31-18-20-9-5-4-6-10-20/h4-17H,3,18-19H2,1-2H3,(H2,28,29,30).